The Bertz CT molecular complexity index is 718. The van der Waals surface area contributed by atoms with Gasteiger partial charge in [0.2, 0.25) is 0 Å². The molecule has 1 amide bonds. The highest BCUT2D eigenvalue weighted by atomic mass is 16.5. The summed E-state index contributed by atoms with van der Waals surface area (Å²) >= 11 is 0. The summed E-state index contributed by atoms with van der Waals surface area (Å²) in [4.78, 5) is 12.5. The number of carbonyl (C=O) groups excluding carboxylic acids is 1. The third-order valence-corrected chi connectivity index (χ3v) is 4.93. The lowest BCUT2D eigenvalue weighted by Crippen LogP contribution is -2.45. The SMILES string of the molecule is COc1ccc(C2(NC(=O)COc3ccccc3C)CCCC2)cc1. The maximum absolute atomic E-state index is 12.5. The van der Waals surface area contributed by atoms with E-state index in [2.05, 4.69) is 5.32 Å². The zero-order chi connectivity index (χ0) is 17.7. The summed E-state index contributed by atoms with van der Waals surface area (Å²) in [7, 11) is 1.66. The van der Waals surface area contributed by atoms with Crippen LogP contribution in [0.25, 0.3) is 0 Å². The third-order valence-electron chi connectivity index (χ3n) is 4.93. The fourth-order valence-corrected chi connectivity index (χ4v) is 3.54. The molecule has 25 heavy (non-hydrogen) atoms. The van der Waals surface area contributed by atoms with Gasteiger partial charge in [0, 0.05) is 0 Å². The number of para-hydroxylation sites is 1. The van der Waals surface area contributed by atoms with Gasteiger partial charge in [-0.1, -0.05) is 43.2 Å². The van der Waals surface area contributed by atoms with Gasteiger partial charge in [0.1, 0.15) is 11.5 Å². The minimum atomic E-state index is -0.293. The Morgan fingerprint density at radius 1 is 1.08 bits per heavy atom. The minimum absolute atomic E-state index is 0.0305. The number of hydrogen-bond acceptors (Lipinski definition) is 3. The summed E-state index contributed by atoms with van der Waals surface area (Å²) in [6.07, 6.45) is 4.14. The van der Waals surface area contributed by atoms with Crippen molar-refractivity contribution in [3.63, 3.8) is 0 Å². The lowest BCUT2D eigenvalue weighted by Gasteiger charge is -2.31. The highest BCUT2D eigenvalue weighted by Crippen LogP contribution is 2.39. The van der Waals surface area contributed by atoms with E-state index in [0.717, 1.165) is 48.3 Å². The van der Waals surface area contributed by atoms with E-state index in [1.54, 1.807) is 7.11 Å². The van der Waals surface area contributed by atoms with Crippen molar-refractivity contribution in [3.05, 3.63) is 59.7 Å². The molecule has 1 fully saturated rings. The first kappa shape index (κ1) is 17.3. The number of benzene rings is 2. The van der Waals surface area contributed by atoms with Gasteiger partial charge >= 0.3 is 0 Å². The number of ether oxygens (including phenoxy) is 2. The van der Waals surface area contributed by atoms with Crippen LogP contribution in [0.15, 0.2) is 48.5 Å². The van der Waals surface area contributed by atoms with Crippen molar-refractivity contribution in [2.24, 2.45) is 0 Å². The van der Waals surface area contributed by atoms with E-state index < -0.39 is 0 Å². The van der Waals surface area contributed by atoms with Gasteiger partial charge in [-0.2, -0.15) is 0 Å². The standard InChI is InChI=1S/C21H25NO3/c1-16-7-3-4-8-19(16)25-15-20(23)22-21(13-5-6-14-21)17-9-11-18(24-2)12-10-17/h3-4,7-12H,5-6,13-15H2,1-2H3,(H,22,23). The van der Waals surface area contributed by atoms with Crippen LogP contribution in [0.5, 0.6) is 11.5 Å². The van der Waals surface area contributed by atoms with Crippen molar-refractivity contribution in [1.29, 1.82) is 0 Å². The van der Waals surface area contributed by atoms with Gasteiger partial charge in [-0.15, -0.1) is 0 Å². The average Bonchev–Trinajstić information content (AvgIpc) is 3.10. The first-order valence-corrected chi connectivity index (χ1v) is 8.77. The molecule has 2 aromatic rings. The van der Waals surface area contributed by atoms with Gasteiger partial charge in [0.05, 0.1) is 12.6 Å². The second-order valence-electron chi connectivity index (χ2n) is 6.62. The Balaban J connectivity index is 1.68. The Labute approximate surface area is 149 Å². The Kier molecular flexibility index (Phi) is 5.27. The fourth-order valence-electron chi connectivity index (χ4n) is 3.54. The van der Waals surface area contributed by atoms with Crippen molar-refractivity contribution >= 4 is 5.91 Å². The second kappa shape index (κ2) is 7.60. The molecule has 4 heteroatoms. The maximum atomic E-state index is 12.5. The summed E-state index contributed by atoms with van der Waals surface area (Å²) in [5.41, 5.74) is 1.87. The highest BCUT2D eigenvalue weighted by Gasteiger charge is 2.37. The largest absolute Gasteiger partial charge is 0.497 e. The highest BCUT2D eigenvalue weighted by molar-refractivity contribution is 5.78. The Morgan fingerprint density at radius 2 is 1.76 bits per heavy atom. The summed E-state index contributed by atoms with van der Waals surface area (Å²) in [6, 6.07) is 15.7. The van der Waals surface area contributed by atoms with E-state index in [1.165, 1.54) is 0 Å². The lowest BCUT2D eigenvalue weighted by molar-refractivity contribution is -0.125. The Hall–Kier alpha value is -2.49. The molecule has 3 rings (SSSR count). The van der Waals surface area contributed by atoms with Crippen LogP contribution in [0.2, 0.25) is 0 Å². The smallest absolute Gasteiger partial charge is 0.258 e. The maximum Gasteiger partial charge on any atom is 0.258 e. The van der Waals surface area contributed by atoms with Crippen LogP contribution in [-0.2, 0) is 10.3 Å². The van der Waals surface area contributed by atoms with Crippen LogP contribution in [0.4, 0.5) is 0 Å². The van der Waals surface area contributed by atoms with Crippen molar-refractivity contribution < 1.29 is 14.3 Å². The first-order chi connectivity index (χ1) is 12.1. The van der Waals surface area contributed by atoms with Crippen LogP contribution in [0, 0.1) is 6.92 Å². The molecule has 1 saturated carbocycles. The lowest BCUT2D eigenvalue weighted by atomic mass is 9.88. The molecule has 0 spiro atoms. The van der Waals surface area contributed by atoms with Crippen LogP contribution in [0.1, 0.15) is 36.8 Å². The van der Waals surface area contributed by atoms with Crippen LogP contribution in [-0.4, -0.2) is 19.6 Å². The van der Waals surface area contributed by atoms with Crippen molar-refractivity contribution in [1.82, 2.24) is 5.32 Å². The molecule has 2 aromatic carbocycles. The fraction of sp³-hybridized carbons (Fsp3) is 0.381. The molecule has 0 aromatic heterocycles. The van der Waals surface area contributed by atoms with Gasteiger partial charge in [-0.25, -0.2) is 0 Å². The zero-order valence-corrected chi connectivity index (χ0v) is 14.9. The van der Waals surface area contributed by atoms with Gasteiger partial charge in [-0.3, -0.25) is 4.79 Å². The quantitative estimate of drug-likeness (QED) is 0.866. The minimum Gasteiger partial charge on any atom is -0.497 e. The third kappa shape index (κ3) is 3.95. The van der Waals surface area contributed by atoms with Gasteiger partial charge in [-0.05, 0) is 49.1 Å². The number of amides is 1. The molecule has 0 bridgehead atoms. The Morgan fingerprint density at radius 3 is 2.40 bits per heavy atom. The number of carbonyl (C=O) groups is 1. The summed E-state index contributed by atoms with van der Waals surface area (Å²) in [5, 5.41) is 3.23. The number of hydrogen-bond donors (Lipinski definition) is 1. The van der Waals surface area contributed by atoms with Crippen molar-refractivity contribution in [2.45, 2.75) is 38.1 Å². The zero-order valence-electron chi connectivity index (χ0n) is 14.9. The van der Waals surface area contributed by atoms with Crippen LogP contribution < -0.4 is 14.8 Å². The van der Waals surface area contributed by atoms with Crippen molar-refractivity contribution in [3.8, 4) is 11.5 Å². The van der Waals surface area contributed by atoms with Gasteiger partial charge < -0.3 is 14.8 Å². The molecule has 0 radical (unpaired) electrons. The van der Waals surface area contributed by atoms with E-state index in [0.29, 0.717) is 0 Å². The molecule has 132 valence electrons. The molecule has 1 aliphatic carbocycles. The average molecular weight is 339 g/mol. The number of methoxy groups -OCH3 is 1. The van der Waals surface area contributed by atoms with Crippen LogP contribution in [0.3, 0.4) is 0 Å². The van der Waals surface area contributed by atoms with Crippen molar-refractivity contribution in [2.75, 3.05) is 13.7 Å². The summed E-state index contributed by atoms with van der Waals surface area (Å²) in [6.45, 7) is 2.01. The van der Waals surface area contributed by atoms with E-state index >= 15 is 0 Å². The summed E-state index contributed by atoms with van der Waals surface area (Å²) < 4.78 is 10.9. The molecule has 0 unspecified atom stereocenters. The van der Waals surface area contributed by atoms with Gasteiger partial charge in [0.25, 0.3) is 5.91 Å². The summed E-state index contributed by atoms with van der Waals surface area (Å²) in [5.74, 6) is 1.50. The van der Waals surface area contributed by atoms with E-state index in [-0.39, 0.29) is 18.1 Å². The number of nitrogens with one attached hydrogen (secondary N) is 1. The molecule has 0 aliphatic heterocycles. The molecule has 0 heterocycles. The molecule has 0 atom stereocenters. The van der Waals surface area contributed by atoms with E-state index in [1.807, 2.05) is 55.5 Å². The van der Waals surface area contributed by atoms with Gasteiger partial charge in [0.15, 0.2) is 6.61 Å². The predicted molar refractivity (Wildman–Crippen MR) is 98.0 cm³/mol. The monoisotopic (exact) mass is 339 g/mol. The topological polar surface area (TPSA) is 47.6 Å². The molecule has 1 aliphatic rings. The second-order valence-corrected chi connectivity index (χ2v) is 6.62. The first-order valence-electron chi connectivity index (χ1n) is 8.77. The number of rotatable bonds is 6. The normalized spacial score (nSPS) is 15.6. The van der Waals surface area contributed by atoms with E-state index in [4.69, 9.17) is 9.47 Å². The molecule has 1 N–H and O–H groups in total. The van der Waals surface area contributed by atoms with E-state index in [9.17, 15) is 4.79 Å². The molecular weight excluding hydrogens is 314 g/mol. The number of aryl methyl sites for hydroxylation is 1. The molecular formula is C21H25NO3. The molecule has 4 nitrogen and oxygen atoms in total. The predicted octanol–water partition coefficient (Wildman–Crippen LogP) is 3.97. The van der Waals surface area contributed by atoms with Crippen LogP contribution >= 0.6 is 0 Å². The molecule has 0 saturated heterocycles.